The molecule has 6 heteroatoms. The van der Waals surface area contributed by atoms with Crippen molar-refractivity contribution in [2.24, 2.45) is 0 Å². The van der Waals surface area contributed by atoms with Gasteiger partial charge in [0.2, 0.25) is 0 Å². The second-order valence-corrected chi connectivity index (χ2v) is 5.87. The summed E-state index contributed by atoms with van der Waals surface area (Å²) in [7, 11) is 0. The first-order valence-electron chi connectivity index (χ1n) is 6.06. The van der Waals surface area contributed by atoms with Crippen LogP contribution in [0.15, 0.2) is 5.51 Å². The molecule has 4 nitrogen and oxygen atoms in total. The molecule has 0 saturated carbocycles. The maximum Gasteiger partial charge on any atom is 0.264 e. The van der Waals surface area contributed by atoms with Crippen molar-refractivity contribution >= 4 is 28.8 Å². The van der Waals surface area contributed by atoms with Crippen molar-refractivity contribution in [3.63, 3.8) is 0 Å². The summed E-state index contributed by atoms with van der Waals surface area (Å²) >= 11 is 7.07. The maximum absolute atomic E-state index is 11.8. The van der Waals surface area contributed by atoms with Crippen molar-refractivity contribution in [1.82, 2.24) is 15.2 Å². The van der Waals surface area contributed by atoms with E-state index in [1.54, 1.807) is 5.51 Å². The number of carbonyl (C=O) groups is 1. The predicted octanol–water partition coefficient (Wildman–Crippen LogP) is 2.65. The minimum absolute atomic E-state index is 0.144. The van der Waals surface area contributed by atoms with E-state index in [0.717, 1.165) is 6.54 Å². The van der Waals surface area contributed by atoms with Gasteiger partial charge in [0.25, 0.3) is 5.91 Å². The number of halogens is 1. The van der Waals surface area contributed by atoms with Crippen molar-refractivity contribution in [1.29, 1.82) is 0 Å². The van der Waals surface area contributed by atoms with E-state index in [1.165, 1.54) is 11.3 Å². The SMILES string of the molecule is CC(C)N(CCNC(=O)c1scnc1Cl)C(C)C. The van der Waals surface area contributed by atoms with E-state index in [1.807, 2.05) is 0 Å². The highest BCUT2D eigenvalue weighted by atomic mass is 35.5. The van der Waals surface area contributed by atoms with Gasteiger partial charge in [-0.25, -0.2) is 4.98 Å². The van der Waals surface area contributed by atoms with E-state index in [4.69, 9.17) is 11.6 Å². The Bertz CT molecular complexity index is 384. The van der Waals surface area contributed by atoms with Crippen LogP contribution >= 0.6 is 22.9 Å². The number of aromatic nitrogens is 1. The van der Waals surface area contributed by atoms with E-state index < -0.39 is 0 Å². The first-order chi connectivity index (χ1) is 8.43. The van der Waals surface area contributed by atoms with Gasteiger partial charge in [0, 0.05) is 25.2 Å². The average molecular weight is 290 g/mol. The molecule has 0 atom stereocenters. The van der Waals surface area contributed by atoms with Gasteiger partial charge in [-0.05, 0) is 27.7 Å². The fourth-order valence-corrected chi connectivity index (χ4v) is 2.79. The molecule has 1 heterocycles. The number of nitrogens with one attached hydrogen (secondary N) is 1. The van der Waals surface area contributed by atoms with Gasteiger partial charge >= 0.3 is 0 Å². The van der Waals surface area contributed by atoms with Crippen molar-refractivity contribution in [3.05, 3.63) is 15.5 Å². The van der Waals surface area contributed by atoms with Gasteiger partial charge in [-0.1, -0.05) is 11.6 Å². The Morgan fingerprint density at radius 3 is 2.50 bits per heavy atom. The van der Waals surface area contributed by atoms with Crippen LogP contribution in [0.2, 0.25) is 5.15 Å². The molecule has 1 N–H and O–H groups in total. The van der Waals surface area contributed by atoms with Gasteiger partial charge in [0.1, 0.15) is 4.88 Å². The van der Waals surface area contributed by atoms with Gasteiger partial charge in [0.05, 0.1) is 5.51 Å². The number of rotatable bonds is 6. The summed E-state index contributed by atoms with van der Waals surface area (Å²) in [5.74, 6) is -0.144. The van der Waals surface area contributed by atoms with Crippen molar-refractivity contribution in [2.75, 3.05) is 13.1 Å². The number of carbonyl (C=O) groups excluding carboxylic acids is 1. The summed E-state index contributed by atoms with van der Waals surface area (Å²) in [4.78, 5) is 18.5. The number of nitrogens with zero attached hydrogens (tertiary/aromatic N) is 2. The third-order valence-corrected chi connectivity index (χ3v) is 3.94. The molecule has 0 spiro atoms. The van der Waals surface area contributed by atoms with Crippen LogP contribution in [0, 0.1) is 0 Å². The minimum Gasteiger partial charge on any atom is -0.350 e. The highest BCUT2D eigenvalue weighted by Gasteiger charge is 2.15. The van der Waals surface area contributed by atoms with Crippen LogP contribution in [-0.4, -0.2) is 41.0 Å². The zero-order valence-corrected chi connectivity index (χ0v) is 12.8. The molecule has 102 valence electrons. The van der Waals surface area contributed by atoms with Crippen molar-refractivity contribution < 1.29 is 4.79 Å². The predicted molar refractivity (Wildman–Crippen MR) is 76.4 cm³/mol. The minimum atomic E-state index is -0.144. The molecule has 0 aliphatic rings. The molecule has 18 heavy (non-hydrogen) atoms. The van der Waals surface area contributed by atoms with E-state index in [9.17, 15) is 4.79 Å². The molecule has 0 aromatic carbocycles. The fraction of sp³-hybridized carbons (Fsp3) is 0.667. The summed E-state index contributed by atoms with van der Waals surface area (Å²) in [6.07, 6.45) is 0. The van der Waals surface area contributed by atoms with Crippen LogP contribution in [0.1, 0.15) is 37.4 Å². The number of amides is 1. The molecule has 0 aliphatic carbocycles. The fourth-order valence-electron chi connectivity index (χ4n) is 1.87. The largest absolute Gasteiger partial charge is 0.350 e. The maximum atomic E-state index is 11.8. The highest BCUT2D eigenvalue weighted by Crippen LogP contribution is 2.17. The number of hydrogen-bond donors (Lipinski definition) is 1. The quantitative estimate of drug-likeness (QED) is 0.876. The molecule has 0 radical (unpaired) electrons. The Morgan fingerprint density at radius 1 is 1.44 bits per heavy atom. The summed E-state index contributed by atoms with van der Waals surface area (Å²) < 4.78 is 0. The Morgan fingerprint density at radius 2 is 2.06 bits per heavy atom. The van der Waals surface area contributed by atoms with E-state index in [2.05, 4.69) is 42.9 Å². The van der Waals surface area contributed by atoms with Crippen LogP contribution in [0.25, 0.3) is 0 Å². The standard InChI is InChI=1S/C12H20ClN3OS/c1-8(2)16(9(3)4)6-5-14-12(17)10-11(13)15-7-18-10/h7-9H,5-6H2,1-4H3,(H,14,17). The van der Waals surface area contributed by atoms with Crippen LogP contribution in [0.3, 0.4) is 0 Å². The summed E-state index contributed by atoms with van der Waals surface area (Å²) in [6.45, 7) is 10.1. The van der Waals surface area contributed by atoms with Crippen LogP contribution in [0.5, 0.6) is 0 Å². The molecule has 0 aliphatic heterocycles. The third kappa shape index (κ3) is 4.23. The monoisotopic (exact) mass is 289 g/mol. The van der Waals surface area contributed by atoms with Gasteiger partial charge in [-0.2, -0.15) is 0 Å². The van der Waals surface area contributed by atoms with E-state index in [-0.39, 0.29) is 11.1 Å². The lowest BCUT2D eigenvalue weighted by molar-refractivity contribution is 0.0943. The molecule has 1 amide bonds. The van der Waals surface area contributed by atoms with Crippen LogP contribution < -0.4 is 5.32 Å². The Labute approximate surface area is 117 Å². The molecular weight excluding hydrogens is 270 g/mol. The molecule has 1 rings (SSSR count). The molecule has 0 bridgehead atoms. The Kier molecular flexibility index (Phi) is 6.05. The zero-order valence-electron chi connectivity index (χ0n) is 11.2. The summed E-state index contributed by atoms with van der Waals surface area (Å²) in [5.41, 5.74) is 1.58. The molecule has 1 aromatic rings. The molecule has 0 fully saturated rings. The first-order valence-corrected chi connectivity index (χ1v) is 7.32. The van der Waals surface area contributed by atoms with Crippen molar-refractivity contribution in [3.8, 4) is 0 Å². The molecule has 1 aromatic heterocycles. The van der Waals surface area contributed by atoms with Gasteiger partial charge < -0.3 is 5.32 Å². The van der Waals surface area contributed by atoms with Crippen LogP contribution in [0.4, 0.5) is 0 Å². The summed E-state index contributed by atoms with van der Waals surface area (Å²) in [5, 5.41) is 3.15. The number of thiazole rings is 1. The molecule has 0 saturated heterocycles. The van der Waals surface area contributed by atoms with Gasteiger partial charge in [-0.3, -0.25) is 9.69 Å². The normalized spacial score (nSPS) is 11.6. The summed E-state index contributed by atoms with van der Waals surface area (Å²) in [6, 6.07) is 0.933. The van der Waals surface area contributed by atoms with Crippen LogP contribution in [-0.2, 0) is 0 Å². The Hall–Kier alpha value is -0.650. The topological polar surface area (TPSA) is 45.2 Å². The molecular formula is C12H20ClN3OS. The average Bonchev–Trinajstić information content (AvgIpc) is 2.69. The first kappa shape index (κ1) is 15.4. The second kappa shape index (κ2) is 7.07. The zero-order chi connectivity index (χ0) is 13.7. The Balaban J connectivity index is 2.42. The highest BCUT2D eigenvalue weighted by molar-refractivity contribution is 7.12. The smallest absolute Gasteiger partial charge is 0.264 e. The van der Waals surface area contributed by atoms with Gasteiger partial charge in [0.15, 0.2) is 5.15 Å². The third-order valence-electron chi connectivity index (χ3n) is 2.71. The lowest BCUT2D eigenvalue weighted by Gasteiger charge is -2.30. The number of hydrogen-bond acceptors (Lipinski definition) is 4. The van der Waals surface area contributed by atoms with Gasteiger partial charge in [-0.15, -0.1) is 11.3 Å². The molecule has 0 unspecified atom stereocenters. The lowest BCUT2D eigenvalue weighted by Crippen LogP contribution is -2.42. The van der Waals surface area contributed by atoms with E-state index >= 15 is 0 Å². The van der Waals surface area contributed by atoms with E-state index in [0.29, 0.717) is 23.5 Å². The van der Waals surface area contributed by atoms with Crippen molar-refractivity contribution in [2.45, 2.75) is 39.8 Å². The second-order valence-electron chi connectivity index (χ2n) is 4.65. The lowest BCUT2D eigenvalue weighted by atomic mass is 10.2.